The Bertz CT molecular complexity index is 1300. The van der Waals surface area contributed by atoms with E-state index in [9.17, 15) is 0 Å². The van der Waals surface area contributed by atoms with Gasteiger partial charge in [-0.25, -0.2) is 9.97 Å². The van der Waals surface area contributed by atoms with Crippen molar-refractivity contribution in [2.45, 2.75) is 13.5 Å². The lowest BCUT2D eigenvalue weighted by Crippen LogP contribution is -2.03. The van der Waals surface area contributed by atoms with E-state index in [1.165, 1.54) is 5.56 Å². The van der Waals surface area contributed by atoms with Gasteiger partial charge in [0, 0.05) is 10.9 Å². The molecule has 0 amide bonds. The molecule has 0 aliphatic heterocycles. The molecule has 132 valence electrons. The lowest BCUT2D eigenvalue weighted by molar-refractivity contribution is 0.409. The lowest BCUT2D eigenvalue weighted by atomic mass is 10.1. The number of nitrogens with zero attached hydrogens (tertiary/aromatic N) is 3. The van der Waals surface area contributed by atoms with Crippen LogP contribution in [0.5, 0.6) is 5.75 Å². The van der Waals surface area contributed by atoms with Crippen LogP contribution in [0.1, 0.15) is 11.1 Å². The number of hydrogen-bond acceptors (Lipinski definition) is 3. The van der Waals surface area contributed by atoms with Gasteiger partial charge in [-0.15, -0.1) is 0 Å². The third-order valence-corrected chi connectivity index (χ3v) is 5.03. The van der Waals surface area contributed by atoms with Gasteiger partial charge in [0.05, 0.1) is 30.2 Å². The molecule has 0 unspecified atom stereocenters. The average Bonchev–Trinajstić information content (AvgIpc) is 2.99. The predicted octanol–water partition coefficient (Wildman–Crippen LogP) is 5.10. The summed E-state index contributed by atoms with van der Waals surface area (Å²) in [4.78, 5) is 9.89. The predicted molar refractivity (Wildman–Crippen MR) is 109 cm³/mol. The van der Waals surface area contributed by atoms with Crippen molar-refractivity contribution >= 4 is 33.1 Å². The van der Waals surface area contributed by atoms with Crippen LogP contribution >= 0.6 is 0 Å². The third kappa shape index (κ3) is 2.53. The van der Waals surface area contributed by atoms with Crippen LogP contribution < -0.4 is 4.74 Å². The smallest absolute Gasteiger partial charge is 0.160 e. The van der Waals surface area contributed by atoms with Gasteiger partial charge in [0.1, 0.15) is 11.3 Å². The minimum absolute atomic E-state index is 0.681. The molecule has 0 atom stereocenters. The largest absolute Gasteiger partial charge is 0.496 e. The van der Waals surface area contributed by atoms with Gasteiger partial charge in [-0.2, -0.15) is 0 Å². The van der Waals surface area contributed by atoms with Crippen LogP contribution in [-0.2, 0) is 6.54 Å². The van der Waals surface area contributed by atoms with Crippen LogP contribution in [0.4, 0.5) is 0 Å². The molecule has 0 bridgehead atoms. The molecule has 0 saturated carbocycles. The fraction of sp³-hybridized carbons (Fsp3) is 0.130. The summed E-state index contributed by atoms with van der Waals surface area (Å²) < 4.78 is 7.80. The first-order chi connectivity index (χ1) is 13.2. The Balaban J connectivity index is 1.84. The normalized spacial score (nSPS) is 11.5. The minimum Gasteiger partial charge on any atom is -0.496 e. The average molecular weight is 353 g/mol. The van der Waals surface area contributed by atoms with Crippen molar-refractivity contribution in [1.29, 1.82) is 0 Å². The Labute approximate surface area is 157 Å². The first kappa shape index (κ1) is 15.8. The van der Waals surface area contributed by atoms with Crippen molar-refractivity contribution in [2.24, 2.45) is 0 Å². The number of methoxy groups -OCH3 is 1. The van der Waals surface area contributed by atoms with Gasteiger partial charge >= 0.3 is 0 Å². The van der Waals surface area contributed by atoms with Crippen LogP contribution in [0.25, 0.3) is 33.1 Å². The highest BCUT2D eigenvalue weighted by Crippen LogP contribution is 2.31. The first-order valence-corrected chi connectivity index (χ1v) is 9.02. The molecule has 0 spiro atoms. The molecule has 0 saturated heterocycles. The zero-order valence-electron chi connectivity index (χ0n) is 15.3. The van der Waals surface area contributed by atoms with E-state index >= 15 is 0 Å². The van der Waals surface area contributed by atoms with Crippen molar-refractivity contribution in [3.05, 3.63) is 77.9 Å². The van der Waals surface area contributed by atoms with E-state index in [1.54, 1.807) is 7.11 Å². The number of aryl methyl sites for hydroxylation is 1. The molecule has 2 aromatic heterocycles. The summed E-state index contributed by atoms with van der Waals surface area (Å²) in [5.74, 6) is 0.883. The van der Waals surface area contributed by atoms with Crippen LogP contribution in [0.15, 0.2) is 66.7 Å². The summed E-state index contributed by atoms with van der Waals surface area (Å²) in [6.07, 6.45) is 0. The maximum atomic E-state index is 5.56. The number of hydrogen-bond donors (Lipinski definition) is 0. The van der Waals surface area contributed by atoms with Crippen LogP contribution in [0.3, 0.4) is 0 Å². The molecule has 0 N–H and O–H groups in total. The molecule has 0 radical (unpaired) electrons. The van der Waals surface area contributed by atoms with Crippen LogP contribution in [0, 0.1) is 6.92 Å². The Kier molecular flexibility index (Phi) is 3.57. The number of fused-ring (bicyclic) bond motifs is 4. The van der Waals surface area contributed by atoms with Gasteiger partial charge in [0.15, 0.2) is 5.65 Å². The Morgan fingerprint density at radius 2 is 1.63 bits per heavy atom. The van der Waals surface area contributed by atoms with E-state index < -0.39 is 0 Å². The summed E-state index contributed by atoms with van der Waals surface area (Å²) >= 11 is 0. The zero-order valence-corrected chi connectivity index (χ0v) is 15.3. The molecule has 4 nitrogen and oxygen atoms in total. The SMILES string of the molecule is COc1ccccc1Cn1c2ccc(C)cc2c2nc3ccccc3nc21. The van der Waals surface area contributed by atoms with Crippen molar-refractivity contribution < 1.29 is 4.74 Å². The Hall–Kier alpha value is -3.40. The summed E-state index contributed by atoms with van der Waals surface area (Å²) in [5.41, 5.74) is 7.15. The first-order valence-electron chi connectivity index (χ1n) is 9.02. The van der Waals surface area contributed by atoms with Gasteiger partial charge in [-0.05, 0) is 37.3 Å². The molecule has 0 aliphatic rings. The van der Waals surface area contributed by atoms with Crippen LogP contribution in [-0.4, -0.2) is 21.6 Å². The van der Waals surface area contributed by atoms with Crippen molar-refractivity contribution in [2.75, 3.05) is 7.11 Å². The Morgan fingerprint density at radius 1 is 0.889 bits per heavy atom. The maximum absolute atomic E-state index is 5.56. The summed E-state index contributed by atoms with van der Waals surface area (Å²) in [6, 6.07) is 22.6. The second-order valence-electron chi connectivity index (χ2n) is 6.80. The summed E-state index contributed by atoms with van der Waals surface area (Å²) in [6.45, 7) is 2.79. The molecule has 0 fully saturated rings. The highest BCUT2D eigenvalue weighted by atomic mass is 16.5. The number of benzene rings is 3. The van der Waals surface area contributed by atoms with Gasteiger partial charge in [-0.3, -0.25) is 0 Å². The molecule has 5 rings (SSSR count). The number of para-hydroxylation sites is 3. The highest BCUT2D eigenvalue weighted by molar-refractivity contribution is 6.06. The fourth-order valence-electron chi connectivity index (χ4n) is 3.71. The molecular formula is C23H19N3O. The molecule has 27 heavy (non-hydrogen) atoms. The van der Waals surface area contributed by atoms with Crippen LogP contribution in [0.2, 0.25) is 0 Å². The summed E-state index contributed by atoms with van der Waals surface area (Å²) in [7, 11) is 1.71. The summed E-state index contributed by atoms with van der Waals surface area (Å²) in [5, 5.41) is 1.14. The van der Waals surface area contributed by atoms with Crippen molar-refractivity contribution in [1.82, 2.24) is 14.5 Å². The standard InChI is InChI=1S/C23H19N3O/c1-15-11-12-20-17(13-15)22-23(25-19-9-5-4-8-18(19)24-22)26(20)14-16-7-3-6-10-21(16)27-2/h3-13H,14H2,1-2H3. The number of ether oxygens (including phenoxy) is 1. The third-order valence-electron chi connectivity index (χ3n) is 5.03. The van der Waals surface area contributed by atoms with E-state index in [-0.39, 0.29) is 0 Å². The topological polar surface area (TPSA) is 39.9 Å². The molecule has 4 heteroatoms. The van der Waals surface area contributed by atoms with E-state index in [4.69, 9.17) is 14.7 Å². The molecule has 0 aliphatic carbocycles. The molecular weight excluding hydrogens is 334 g/mol. The molecule has 5 aromatic rings. The second-order valence-corrected chi connectivity index (χ2v) is 6.80. The van der Waals surface area contributed by atoms with E-state index in [0.29, 0.717) is 6.54 Å². The zero-order chi connectivity index (χ0) is 18.4. The fourth-order valence-corrected chi connectivity index (χ4v) is 3.71. The van der Waals surface area contributed by atoms with Gasteiger partial charge in [0.25, 0.3) is 0 Å². The van der Waals surface area contributed by atoms with E-state index in [1.807, 2.05) is 42.5 Å². The van der Waals surface area contributed by atoms with Crippen molar-refractivity contribution in [3.8, 4) is 5.75 Å². The number of rotatable bonds is 3. The highest BCUT2D eigenvalue weighted by Gasteiger charge is 2.16. The monoisotopic (exact) mass is 353 g/mol. The van der Waals surface area contributed by atoms with Gasteiger partial charge in [-0.1, -0.05) is 42.0 Å². The van der Waals surface area contributed by atoms with E-state index in [2.05, 4.69) is 35.8 Å². The minimum atomic E-state index is 0.681. The maximum Gasteiger partial charge on any atom is 0.160 e. The van der Waals surface area contributed by atoms with Gasteiger partial charge < -0.3 is 9.30 Å². The quantitative estimate of drug-likeness (QED) is 0.453. The second kappa shape index (κ2) is 6.09. The van der Waals surface area contributed by atoms with Crippen molar-refractivity contribution in [3.63, 3.8) is 0 Å². The Morgan fingerprint density at radius 3 is 2.44 bits per heavy atom. The lowest BCUT2D eigenvalue weighted by Gasteiger charge is -2.11. The van der Waals surface area contributed by atoms with Gasteiger partial charge in [0.2, 0.25) is 0 Å². The molecule has 3 aromatic carbocycles. The number of aromatic nitrogens is 3. The van der Waals surface area contributed by atoms with E-state index in [0.717, 1.165) is 44.4 Å². The molecule has 2 heterocycles.